The van der Waals surface area contributed by atoms with Crippen molar-refractivity contribution in [1.29, 1.82) is 0 Å². The van der Waals surface area contributed by atoms with Gasteiger partial charge in [-0.2, -0.15) is 0 Å². The van der Waals surface area contributed by atoms with Crippen LogP contribution in [0.5, 0.6) is 5.75 Å². The second-order valence-corrected chi connectivity index (χ2v) is 9.12. The minimum atomic E-state index is -0.361. The topological polar surface area (TPSA) is 51.5 Å². The van der Waals surface area contributed by atoms with Gasteiger partial charge in [0.1, 0.15) is 5.75 Å². The molecule has 0 amide bonds. The number of aryl methyl sites for hydroxylation is 1. The first-order valence-electron chi connectivity index (χ1n) is 10.0. The van der Waals surface area contributed by atoms with Gasteiger partial charge in [-0.25, -0.2) is 4.79 Å². The number of esters is 1. The zero-order valence-corrected chi connectivity index (χ0v) is 19.0. The normalized spacial score (nSPS) is 11.0. The first kappa shape index (κ1) is 21.4. The second-order valence-electron chi connectivity index (χ2n) is 6.96. The first-order chi connectivity index (χ1) is 15.1. The van der Waals surface area contributed by atoms with Gasteiger partial charge in [0.05, 0.1) is 22.6 Å². The van der Waals surface area contributed by atoms with Crippen molar-refractivity contribution in [2.24, 2.45) is 7.05 Å². The Morgan fingerprint density at radius 2 is 1.65 bits per heavy atom. The predicted octanol–water partition coefficient (Wildman–Crippen LogP) is 6.50. The van der Waals surface area contributed by atoms with Crippen molar-refractivity contribution in [3.05, 3.63) is 84.1 Å². The molecule has 4 aromatic rings. The molecular formula is C25H23NO3S2. The smallest absolute Gasteiger partial charge is 0.340 e. The van der Waals surface area contributed by atoms with E-state index in [2.05, 4.69) is 12.1 Å². The summed E-state index contributed by atoms with van der Waals surface area (Å²) in [6.07, 6.45) is 0. The van der Waals surface area contributed by atoms with Gasteiger partial charge in [0, 0.05) is 33.7 Å². The van der Waals surface area contributed by atoms with Crippen molar-refractivity contribution in [2.45, 2.75) is 27.4 Å². The quantitative estimate of drug-likeness (QED) is 0.258. The Morgan fingerprint density at radius 1 is 1.00 bits per heavy atom. The van der Waals surface area contributed by atoms with Gasteiger partial charge in [-0.05, 0) is 43.3 Å². The summed E-state index contributed by atoms with van der Waals surface area (Å²) in [5.74, 6) is 0.407. The maximum absolute atomic E-state index is 12.9. The van der Waals surface area contributed by atoms with E-state index in [-0.39, 0.29) is 11.7 Å². The number of rotatable bonds is 7. The Hall–Kier alpha value is -2.83. The van der Waals surface area contributed by atoms with Crippen molar-refractivity contribution < 1.29 is 14.6 Å². The van der Waals surface area contributed by atoms with Crippen LogP contribution in [0, 0.1) is 0 Å². The summed E-state index contributed by atoms with van der Waals surface area (Å²) >= 11 is 3.16. The minimum Gasteiger partial charge on any atom is -0.507 e. The van der Waals surface area contributed by atoms with Gasteiger partial charge in [0.25, 0.3) is 0 Å². The molecule has 0 unspecified atom stereocenters. The number of carbonyl (C=O) groups excluding carboxylic acids is 1. The number of phenols is 1. The summed E-state index contributed by atoms with van der Waals surface area (Å²) in [6.45, 7) is 2.10. The second kappa shape index (κ2) is 9.54. The van der Waals surface area contributed by atoms with E-state index in [4.69, 9.17) is 4.74 Å². The van der Waals surface area contributed by atoms with Gasteiger partial charge in [0.15, 0.2) is 0 Å². The van der Waals surface area contributed by atoms with Gasteiger partial charge < -0.3 is 14.4 Å². The number of hydrogen-bond donors (Lipinski definition) is 1. The summed E-state index contributed by atoms with van der Waals surface area (Å²) in [7, 11) is 1.96. The van der Waals surface area contributed by atoms with Gasteiger partial charge in [-0.1, -0.05) is 48.2 Å². The van der Waals surface area contributed by atoms with E-state index < -0.39 is 0 Å². The van der Waals surface area contributed by atoms with Crippen molar-refractivity contribution in [3.8, 4) is 5.75 Å². The Balaban J connectivity index is 1.78. The highest BCUT2D eigenvalue weighted by Gasteiger charge is 2.24. The number of benzene rings is 3. The lowest BCUT2D eigenvalue weighted by Gasteiger charge is -2.08. The largest absolute Gasteiger partial charge is 0.507 e. The average Bonchev–Trinajstić information content (AvgIpc) is 3.05. The average molecular weight is 450 g/mol. The Labute approximate surface area is 190 Å². The number of carbonyl (C=O) groups is 1. The number of ether oxygens (including phenoxy) is 1. The van der Waals surface area contributed by atoms with Crippen LogP contribution in [0.3, 0.4) is 0 Å². The van der Waals surface area contributed by atoms with Crippen molar-refractivity contribution >= 4 is 40.4 Å². The minimum absolute atomic E-state index is 0.153. The molecule has 31 heavy (non-hydrogen) atoms. The van der Waals surface area contributed by atoms with Crippen LogP contribution in [0.2, 0.25) is 0 Å². The maximum Gasteiger partial charge on any atom is 0.340 e. The maximum atomic E-state index is 12.9. The van der Waals surface area contributed by atoms with Crippen LogP contribution in [-0.2, 0) is 17.5 Å². The molecule has 6 heteroatoms. The Kier molecular flexibility index (Phi) is 6.59. The molecule has 158 valence electrons. The molecule has 0 aliphatic carbocycles. The Morgan fingerprint density at radius 3 is 2.29 bits per heavy atom. The fraction of sp³-hybridized carbons (Fsp3) is 0.160. The standard InChI is InChI=1S/C25H23NO3S2/c1-3-29-25(28)24-19-14-22(27)23(31-18-12-8-5-9-13-18)15-20(19)26(2)21(24)16-30-17-10-6-4-7-11-17/h4-15,27H,3,16H2,1-2H3. The van der Waals surface area contributed by atoms with Crippen molar-refractivity contribution in [1.82, 2.24) is 4.57 Å². The third kappa shape index (κ3) is 4.60. The van der Waals surface area contributed by atoms with E-state index in [9.17, 15) is 9.90 Å². The fourth-order valence-corrected chi connectivity index (χ4v) is 5.34. The molecule has 0 atom stereocenters. The molecule has 4 rings (SSSR count). The van der Waals surface area contributed by atoms with Crippen LogP contribution in [0.1, 0.15) is 23.0 Å². The van der Waals surface area contributed by atoms with E-state index in [0.29, 0.717) is 23.3 Å². The summed E-state index contributed by atoms with van der Waals surface area (Å²) in [5, 5.41) is 11.4. The van der Waals surface area contributed by atoms with Crippen LogP contribution < -0.4 is 0 Å². The van der Waals surface area contributed by atoms with Gasteiger partial charge >= 0.3 is 5.97 Å². The van der Waals surface area contributed by atoms with Crippen LogP contribution >= 0.6 is 23.5 Å². The lowest BCUT2D eigenvalue weighted by Crippen LogP contribution is -2.08. The van der Waals surface area contributed by atoms with Crippen LogP contribution in [0.25, 0.3) is 10.9 Å². The molecule has 3 aromatic carbocycles. The highest BCUT2D eigenvalue weighted by Crippen LogP contribution is 2.40. The molecule has 1 heterocycles. The molecular weight excluding hydrogens is 426 g/mol. The first-order valence-corrected chi connectivity index (χ1v) is 11.8. The van der Waals surface area contributed by atoms with E-state index in [1.807, 2.05) is 66.2 Å². The molecule has 1 aromatic heterocycles. The number of aromatic hydroxyl groups is 1. The summed E-state index contributed by atoms with van der Waals surface area (Å²) in [5.41, 5.74) is 2.29. The third-order valence-electron chi connectivity index (χ3n) is 4.97. The van der Waals surface area contributed by atoms with Crippen molar-refractivity contribution in [3.63, 3.8) is 0 Å². The highest BCUT2D eigenvalue weighted by molar-refractivity contribution is 7.99. The summed E-state index contributed by atoms with van der Waals surface area (Å²) in [4.78, 5) is 15.8. The lowest BCUT2D eigenvalue weighted by atomic mass is 10.1. The zero-order chi connectivity index (χ0) is 21.8. The number of thioether (sulfide) groups is 1. The number of nitrogens with zero attached hydrogens (tertiary/aromatic N) is 1. The highest BCUT2D eigenvalue weighted by atomic mass is 32.2. The van der Waals surface area contributed by atoms with Gasteiger partial charge in [-0.15, -0.1) is 11.8 Å². The molecule has 0 aliphatic heterocycles. The zero-order valence-electron chi connectivity index (χ0n) is 17.4. The van der Waals surface area contributed by atoms with Crippen LogP contribution in [-0.4, -0.2) is 22.2 Å². The molecule has 0 fully saturated rings. The Bertz CT molecular complexity index is 1200. The van der Waals surface area contributed by atoms with E-state index >= 15 is 0 Å². The molecule has 0 spiro atoms. The van der Waals surface area contributed by atoms with E-state index in [1.54, 1.807) is 24.8 Å². The summed E-state index contributed by atoms with van der Waals surface area (Å²) < 4.78 is 7.39. The number of phenolic OH excluding ortho intramolecular Hbond substituents is 1. The molecule has 0 aliphatic rings. The molecule has 4 nitrogen and oxygen atoms in total. The fourth-order valence-electron chi connectivity index (χ4n) is 3.47. The molecule has 0 saturated carbocycles. The number of aromatic nitrogens is 1. The number of fused-ring (bicyclic) bond motifs is 1. The molecule has 0 radical (unpaired) electrons. The monoisotopic (exact) mass is 449 g/mol. The van der Waals surface area contributed by atoms with Crippen LogP contribution in [0.15, 0.2) is 87.5 Å². The van der Waals surface area contributed by atoms with Crippen molar-refractivity contribution in [2.75, 3.05) is 6.61 Å². The lowest BCUT2D eigenvalue weighted by molar-refractivity contribution is 0.0527. The van der Waals surface area contributed by atoms with E-state index in [0.717, 1.165) is 25.9 Å². The number of hydrogen-bond acceptors (Lipinski definition) is 5. The van der Waals surface area contributed by atoms with Crippen LogP contribution in [0.4, 0.5) is 0 Å². The molecule has 1 N–H and O–H groups in total. The third-order valence-corrected chi connectivity index (χ3v) is 7.05. The molecule has 0 saturated heterocycles. The SMILES string of the molecule is CCOC(=O)c1c(CSc2ccccc2)n(C)c2cc(Sc3ccccc3)c(O)cc12. The van der Waals surface area contributed by atoms with Gasteiger partial charge in [0.2, 0.25) is 0 Å². The molecule has 0 bridgehead atoms. The van der Waals surface area contributed by atoms with E-state index in [1.165, 1.54) is 11.8 Å². The summed E-state index contributed by atoms with van der Waals surface area (Å²) in [6, 6.07) is 23.6. The van der Waals surface area contributed by atoms with Gasteiger partial charge in [-0.3, -0.25) is 0 Å². The predicted molar refractivity (Wildman–Crippen MR) is 127 cm³/mol.